The fraction of sp³-hybridized carbons (Fsp3) is 1.00. The third-order valence-electron chi connectivity index (χ3n) is 3.70. The van der Waals surface area contributed by atoms with E-state index in [1.54, 1.807) is 0 Å². The molecule has 1 aliphatic rings. The zero-order valence-electron chi connectivity index (χ0n) is 10.9. The van der Waals surface area contributed by atoms with Gasteiger partial charge in [0.05, 0.1) is 26.7 Å². The number of hydrogen-bond donors (Lipinski definition) is 3. The molecule has 2 atom stereocenters. The summed E-state index contributed by atoms with van der Waals surface area (Å²) in [6, 6.07) is -0.168. The van der Waals surface area contributed by atoms with Crippen molar-refractivity contribution in [1.29, 1.82) is 0 Å². The van der Waals surface area contributed by atoms with Gasteiger partial charge >= 0.3 is 7.60 Å². The van der Waals surface area contributed by atoms with Crippen LogP contribution >= 0.6 is 7.60 Å². The van der Waals surface area contributed by atoms with Crippen molar-refractivity contribution >= 4 is 17.7 Å². The van der Waals surface area contributed by atoms with Crippen LogP contribution in [0.15, 0.2) is 0 Å². The van der Waals surface area contributed by atoms with Gasteiger partial charge in [0, 0.05) is 6.42 Å². The van der Waals surface area contributed by atoms with Crippen LogP contribution in [-0.2, 0) is 14.7 Å². The van der Waals surface area contributed by atoms with E-state index in [9.17, 15) is 13.0 Å². The van der Waals surface area contributed by atoms with Crippen molar-refractivity contribution in [2.45, 2.75) is 36.7 Å². The van der Waals surface area contributed by atoms with Crippen molar-refractivity contribution in [1.82, 2.24) is 0 Å². The fourth-order valence-corrected chi connectivity index (χ4v) is 4.87. The molecule has 2 unspecified atom stereocenters. The number of nitrogens with zero attached hydrogens (tertiary/aromatic N) is 1. The summed E-state index contributed by atoms with van der Waals surface area (Å²) in [6.45, 7) is 0.837. The molecule has 0 amide bonds. The summed E-state index contributed by atoms with van der Waals surface area (Å²) in [4.78, 5) is 16.1. The van der Waals surface area contributed by atoms with E-state index in [0.717, 1.165) is 19.4 Å². The summed E-state index contributed by atoms with van der Waals surface area (Å²) < 4.78 is 43.0. The lowest BCUT2D eigenvalue weighted by atomic mass is 9.98. The van der Waals surface area contributed by atoms with Crippen LogP contribution in [0, 0.1) is 0 Å². The molecule has 0 radical (unpaired) electrons. The largest absolute Gasteiger partial charge is 1.00 e. The maximum absolute atomic E-state index is 11.2. The van der Waals surface area contributed by atoms with Crippen LogP contribution in [0.4, 0.5) is 0 Å². The molecule has 3 N–H and O–H groups in total. The van der Waals surface area contributed by atoms with E-state index in [-0.39, 0.29) is 36.4 Å². The van der Waals surface area contributed by atoms with Crippen molar-refractivity contribution in [3.05, 3.63) is 0 Å². The number of likely N-dealkylation sites (tertiary alicyclic amines) is 1. The molecule has 116 valence electrons. The first-order valence-electron chi connectivity index (χ1n) is 5.79. The summed E-state index contributed by atoms with van der Waals surface area (Å²) >= 11 is 0. The Hall–Kier alpha value is 0.750. The zero-order valence-corrected chi connectivity index (χ0v) is 14.8. The highest BCUT2D eigenvalue weighted by Crippen LogP contribution is 2.47. The number of quaternary nitrogens is 1. The smallest absolute Gasteiger partial charge is 0.346 e. The molecule has 0 spiro atoms. The molecular formula is C9H21INO6PS. The standard InChI is InChI=1S/C9H20NO6PS.HI/c1-10(2)6-4-3-5-8(10)7-9(17(11,12)13)18(14,15)16;/h8-9H,3-7H2,1-2H3,(H2-,11,12,13,14,15,16);1H. The maximum Gasteiger partial charge on any atom is 0.346 e. The molecule has 10 heteroatoms. The second-order valence-electron chi connectivity index (χ2n) is 5.45. The Labute approximate surface area is 130 Å². The summed E-state index contributed by atoms with van der Waals surface area (Å²) in [5.41, 5.74) is 0. The zero-order chi connectivity index (χ0) is 14.2. The highest BCUT2D eigenvalue weighted by molar-refractivity contribution is 7.93. The van der Waals surface area contributed by atoms with Gasteiger partial charge in [0.25, 0.3) is 10.1 Å². The van der Waals surface area contributed by atoms with Crippen LogP contribution in [-0.4, -0.2) is 58.9 Å². The average molecular weight is 429 g/mol. The monoisotopic (exact) mass is 429 g/mol. The van der Waals surface area contributed by atoms with Crippen molar-refractivity contribution in [2.24, 2.45) is 0 Å². The lowest BCUT2D eigenvalue weighted by Crippen LogP contribution is -3.00. The SMILES string of the molecule is C[N+]1(C)CCCCC1CC(P(=O)(O)O)S(=O)(=O)O.[I-]. The van der Waals surface area contributed by atoms with Crippen LogP contribution in [0.2, 0.25) is 0 Å². The molecule has 0 aliphatic carbocycles. The molecule has 1 rings (SSSR count). The van der Waals surface area contributed by atoms with Gasteiger partial charge < -0.3 is 38.2 Å². The topological polar surface area (TPSA) is 112 Å². The minimum Gasteiger partial charge on any atom is -1.00 e. The van der Waals surface area contributed by atoms with Crippen molar-refractivity contribution in [3.8, 4) is 0 Å². The Bertz CT molecular complexity index is 448. The molecule has 1 aliphatic heterocycles. The van der Waals surface area contributed by atoms with E-state index < -0.39 is 22.7 Å². The molecule has 0 saturated carbocycles. The predicted molar refractivity (Wildman–Crippen MR) is 66.6 cm³/mol. The van der Waals surface area contributed by atoms with Gasteiger partial charge in [-0.25, -0.2) is 0 Å². The second kappa shape index (κ2) is 6.67. The third kappa shape index (κ3) is 5.56. The van der Waals surface area contributed by atoms with E-state index in [0.29, 0.717) is 10.9 Å². The van der Waals surface area contributed by atoms with Crippen LogP contribution in [0.1, 0.15) is 25.7 Å². The molecule has 0 aromatic carbocycles. The molecular weight excluding hydrogens is 408 g/mol. The van der Waals surface area contributed by atoms with E-state index >= 15 is 0 Å². The number of rotatable bonds is 4. The van der Waals surface area contributed by atoms with E-state index in [1.807, 2.05) is 14.1 Å². The molecule has 7 nitrogen and oxygen atoms in total. The summed E-state index contributed by atoms with van der Waals surface area (Å²) in [5, 5.41) is 0. The number of piperidine rings is 1. The Morgan fingerprint density at radius 1 is 1.32 bits per heavy atom. The van der Waals surface area contributed by atoms with Gasteiger partial charge in [0.15, 0.2) is 4.99 Å². The molecule has 1 fully saturated rings. The van der Waals surface area contributed by atoms with Gasteiger partial charge in [-0.15, -0.1) is 0 Å². The Morgan fingerprint density at radius 3 is 2.21 bits per heavy atom. The Morgan fingerprint density at radius 2 is 1.84 bits per heavy atom. The van der Waals surface area contributed by atoms with Crippen molar-refractivity contribution in [3.63, 3.8) is 0 Å². The maximum atomic E-state index is 11.2. The lowest BCUT2D eigenvalue weighted by Gasteiger charge is -2.42. The molecule has 1 saturated heterocycles. The minimum atomic E-state index is -4.87. The number of hydrogen-bond acceptors (Lipinski definition) is 3. The summed E-state index contributed by atoms with van der Waals surface area (Å²) in [7, 11) is -5.80. The average Bonchev–Trinajstić information content (AvgIpc) is 2.11. The van der Waals surface area contributed by atoms with Gasteiger partial charge in [-0.1, -0.05) is 0 Å². The van der Waals surface area contributed by atoms with E-state index in [4.69, 9.17) is 14.3 Å². The Balaban J connectivity index is 0.00000324. The minimum absolute atomic E-state index is 0. The summed E-state index contributed by atoms with van der Waals surface area (Å²) in [5.74, 6) is 0. The van der Waals surface area contributed by atoms with Crippen LogP contribution in [0.5, 0.6) is 0 Å². The van der Waals surface area contributed by atoms with Crippen LogP contribution in [0.25, 0.3) is 0 Å². The number of halogens is 1. The molecule has 19 heavy (non-hydrogen) atoms. The third-order valence-corrected chi connectivity index (χ3v) is 7.17. The van der Waals surface area contributed by atoms with Crippen molar-refractivity contribution < 1.29 is 55.8 Å². The molecule has 1 heterocycles. The van der Waals surface area contributed by atoms with Crippen molar-refractivity contribution in [2.75, 3.05) is 20.6 Å². The normalized spacial score (nSPS) is 25.4. The van der Waals surface area contributed by atoms with Gasteiger partial charge in [0.2, 0.25) is 0 Å². The highest BCUT2D eigenvalue weighted by atomic mass is 127. The first kappa shape index (κ1) is 19.8. The van der Waals surface area contributed by atoms with Gasteiger partial charge in [-0.05, 0) is 19.3 Å². The van der Waals surface area contributed by atoms with Gasteiger partial charge in [0.1, 0.15) is 0 Å². The van der Waals surface area contributed by atoms with Crippen LogP contribution in [0.3, 0.4) is 0 Å². The first-order chi connectivity index (χ1) is 7.94. The molecule has 0 aromatic rings. The first-order valence-corrected chi connectivity index (χ1v) is 8.97. The van der Waals surface area contributed by atoms with E-state index in [2.05, 4.69) is 0 Å². The molecule has 0 bridgehead atoms. The van der Waals surface area contributed by atoms with Gasteiger partial charge in [-0.3, -0.25) is 9.12 Å². The van der Waals surface area contributed by atoms with E-state index in [1.165, 1.54) is 0 Å². The van der Waals surface area contributed by atoms with Gasteiger partial charge in [-0.2, -0.15) is 8.42 Å². The quantitative estimate of drug-likeness (QED) is 0.196. The second-order valence-corrected chi connectivity index (χ2v) is 9.20. The Kier molecular flexibility index (Phi) is 6.94. The fourth-order valence-electron chi connectivity index (χ4n) is 2.50. The molecule has 0 aromatic heterocycles. The lowest BCUT2D eigenvalue weighted by molar-refractivity contribution is -0.920. The predicted octanol–water partition coefficient (Wildman–Crippen LogP) is -2.60. The van der Waals surface area contributed by atoms with Crippen LogP contribution < -0.4 is 24.0 Å². The summed E-state index contributed by atoms with van der Waals surface area (Å²) in [6.07, 6.45) is 2.41. The highest BCUT2D eigenvalue weighted by Gasteiger charge is 2.45.